The molecule has 1 amide bonds. The second-order valence-electron chi connectivity index (χ2n) is 3.75. The number of rotatable bonds is 5. The quantitative estimate of drug-likeness (QED) is 0.490. The van der Waals surface area contributed by atoms with Crippen LogP contribution in [0.2, 0.25) is 0 Å². The number of carbonyl (C=O) groups excluding carboxylic acids is 2. The van der Waals surface area contributed by atoms with E-state index in [1.807, 2.05) is 0 Å². The maximum atomic E-state index is 11.7. The van der Waals surface area contributed by atoms with Crippen molar-refractivity contribution in [1.29, 1.82) is 0 Å². The maximum absolute atomic E-state index is 11.7. The lowest BCUT2D eigenvalue weighted by Gasteiger charge is -2.05. The number of nitrogens with one attached hydrogen (secondary N) is 1. The van der Waals surface area contributed by atoms with E-state index in [2.05, 4.69) is 10.1 Å². The van der Waals surface area contributed by atoms with E-state index in [0.717, 1.165) is 0 Å². The van der Waals surface area contributed by atoms with Crippen molar-refractivity contribution in [2.45, 2.75) is 13.8 Å². The Morgan fingerprint density at radius 1 is 1.42 bits per heavy atom. The standard InChI is InChI=1S/C12H14N2O5/c1-3-19-11(15)7-13-12(16)9-5-4-8(2)10(6-9)14(17)18/h4-6H,3,7H2,1-2H3,(H,13,16). The Bertz CT molecular complexity index is 513. The van der Waals surface area contributed by atoms with Gasteiger partial charge < -0.3 is 10.1 Å². The number of nitro groups is 1. The molecule has 0 radical (unpaired) electrons. The number of carbonyl (C=O) groups is 2. The van der Waals surface area contributed by atoms with E-state index in [9.17, 15) is 19.7 Å². The summed E-state index contributed by atoms with van der Waals surface area (Å²) in [5, 5.41) is 13.1. The summed E-state index contributed by atoms with van der Waals surface area (Å²) in [4.78, 5) is 33.0. The van der Waals surface area contributed by atoms with Gasteiger partial charge in [0.25, 0.3) is 11.6 Å². The molecular weight excluding hydrogens is 252 g/mol. The van der Waals surface area contributed by atoms with E-state index in [0.29, 0.717) is 5.56 Å². The summed E-state index contributed by atoms with van der Waals surface area (Å²) in [6.45, 7) is 3.19. The van der Waals surface area contributed by atoms with Gasteiger partial charge in [-0.3, -0.25) is 19.7 Å². The summed E-state index contributed by atoms with van der Waals surface area (Å²) in [5.41, 5.74) is 0.456. The molecule has 19 heavy (non-hydrogen) atoms. The number of nitrogens with zero attached hydrogens (tertiary/aromatic N) is 1. The minimum Gasteiger partial charge on any atom is -0.465 e. The minimum atomic E-state index is -0.559. The normalized spacial score (nSPS) is 9.79. The largest absolute Gasteiger partial charge is 0.465 e. The van der Waals surface area contributed by atoms with Gasteiger partial charge in [0.2, 0.25) is 0 Å². The van der Waals surface area contributed by atoms with Crippen molar-refractivity contribution in [2.75, 3.05) is 13.2 Å². The molecule has 0 aliphatic rings. The SMILES string of the molecule is CCOC(=O)CNC(=O)c1ccc(C)c([N+](=O)[O-])c1. The zero-order chi connectivity index (χ0) is 14.4. The van der Waals surface area contributed by atoms with Crippen molar-refractivity contribution < 1.29 is 19.2 Å². The molecule has 1 aromatic rings. The van der Waals surface area contributed by atoms with Crippen LogP contribution in [0.25, 0.3) is 0 Å². The third kappa shape index (κ3) is 4.06. The maximum Gasteiger partial charge on any atom is 0.325 e. The fourth-order valence-electron chi connectivity index (χ4n) is 1.41. The van der Waals surface area contributed by atoms with Crippen LogP contribution < -0.4 is 5.32 Å². The van der Waals surface area contributed by atoms with E-state index in [1.165, 1.54) is 18.2 Å². The van der Waals surface area contributed by atoms with Crippen LogP contribution in [0.3, 0.4) is 0 Å². The van der Waals surface area contributed by atoms with Gasteiger partial charge in [-0.1, -0.05) is 6.07 Å². The lowest BCUT2D eigenvalue weighted by atomic mass is 10.1. The number of ether oxygens (including phenoxy) is 1. The van der Waals surface area contributed by atoms with Crippen LogP contribution in [0.1, 0.15) is 22.8 Å². The molecule has 0 aliphatic heterocycles. The molecule has 1 rings (SSSR count). The van der Waals surface area contributed by atoms with Gasteiger partial charge in [0, 0.05) is 17.2 Å². The Labute approximate surface area is 109 Å². The number of esters is 1. The zero-order valence-electron chi connectivity index (χ0n) is 10.6. The van der Waals surface area contributed by atoms with Gasteiger partial charge in [-0.05, 0) is 19.9 Å². The van der Waals surface area contributed by atoms with Crippen molar-refractivity contribution >= 4 is 17.6 Å². The molecule has 102 valence electrons. The molecule has 0 bridgehead atoms. The summed E-state index contributed by atoms with van der Waals surface area (Å²) >= 11 is 0. The molecule has 7 nitrogen and oxygen atoms in total. The van der Waals surface area contributed by atoms with Crippen LogP contribution >= 0.6 is 0 Å². The van der Waals surface area contributed by atoms with E-state index in [4.69, 9.17) is 0 Å². The second kappa shape index (κ2) is 6.48. The number of nitro benzene ring substituents is 1. The average Bonchev–Trinajstić information content (AvgIpc) is 2.36. The highest BCUT2D eigenvalue weighted by Crippen LogP contribution is 2.19. The van der Waals surface area contributed by atoms with Crippen LogP contribution in [0.4, 0.5) is 5.69 Å². The number of hydrogen-bond donors (Lipinski definition) is 1. The smallest absolute Gasteiger partial charge is 0.325 e. The first-order valence-electron chi connectivity index (χ1n) is 5.64. The van der Waals surface area contributed by atoms with Crippen LogP contribution in [0.15, 0.2) is 18.2 Å². The van der Waals surface area contributed by atoms with Gasteiger partial charge >= 0.3 is 5.97 Å². The Morgan fingerprint density at radius 3 is 2.68 bits per heavy atom. The zero-order valence-corrected chi connectivity index (χ0v) is 10.6. The van der Waals surface area contributed by atoms with Gasteiger partial charge in [0.1, 0.15) is 6.54 Å². The van der Waals surface area contributed by atoms with Crippen molar-refractivity contribution in [3.05, 3.63) is 39.4 Å². The highest BCUT2D eigenvalue weighted by Gasteiger charge is 2.15. The Balaban J connectivity index is 2.75. The van der Waals surface area contributed by atoms with E-state index in [1.54, 1.807) is 13.8 Å². The first kappa shape index (κ1) is 14.6. The molecule has 1 aromatic carbocycles. The van der Waals surface area contributed by atoms with Gasteiger partial charge in [-0.15, -0.1) is 0 Å². The van der Waals surface area contributed by atoms with E-state index >= 15 is 0 Å². The molecule has 0 saturated heterocycles. The monoisotopic (exact) mass is 266 g/mol. The summed E-state index contributed by atoms with van der Waals surface area (Å²) in [6.07, 6.45) is 0. The van der Waals surface area contributed by atoms with Crippen LogP contribution in [0.5, 0.6) is 0 Å². The molecule has 0 aromatic heterocycles. The Kier molecular flexibility index (Phi) is 4.99. The number of benzene rings is 1. The lowest BCUT2D eigenvalue weighted by molar-refractivity contribution is -0.385. The first-order chi connectivity index (χ1) is 8.95. The molecule has 7 heteroatoms. The van der Waals surface area contributed by atoms with Gasteiger partial charge in [-0.2, -0.15) is 0 Å². The highest BCUT2D eigenvalue weighted by atomic mass is 16.6. The summed E-state index contributed by atoms with van der Waals surface area (Å²) < 4.78 is 4.65. The van der Waals surface area contributed by atoms with Crippen LogP contribution in [0, 0.1) is 17.0 Å². The third-order valence-electron chi connectivity index (χ3n) is 2.37. The lowest BCUT2D eigenvalue weighted by Crippen LogP contribution is -2.30. The third-order valence-corrected chi connectivity index (χ3v) is 2.37. The van der Waals surface area contributed by atoms with Crippen molar-refractivity contribution in [3.63, 3.8) is 0 Å². The fourth-order valence-corrected chi connectivity index (χ4v) is 1.41. The molecule has 0 fully saturated rings. The van der Waals surface area contributed by atoms with Crippen molar-refractivity contribution in [3.8, 4) is 0 Å². The van der Waals surface area contributed by atoms with Crippen LogP contribution in [-0.2, 0) is 9.53 Å². The van der Waals surface area contributed by atoms with Gasteiger partial charge in [0.05, 0.1) is 11.5 Å². The average molecular weight is 266 g/mol. The van der Waals surface area contributed by atoms with Crippen molar-refractivity contribution in [1.82, 2.24) is 5.32 Å². The summed E-state index contributed by atoms with van der Waals surface area (Å²) in [7, 11) is 0. The predicted octanol–water partition coefficient (Wildman–Crippen LogP) is 1.20. The minimum absolute atomic E-state index is 0.126. The van der Waals surface area contributed by atoms with E-state index < -0.39 is 16.8 Å². The Morgan fingerprint density at radius 2 is 2.11 bits per heavy atom. The van der Waals surface area contributed by atoms with Gasteiger partial charge in [0.15, 0.2) is 0 Å². The number of amides is 1. The highest BCUT2D eigenvalue weighted by molar-refractivity contribution is 5.96. The molecule has 0 aliphatic carbocycles. The molecule has 0 saturated carbocycles. The van der Waals surface area contributed by atoms with Crippen LogP contribution in [-0.4, -0.2) is 30.0 Å². The van der Waals surface area contributed by atoms with Gasteiger partial charge in [-0.25, -0.2) is 0 Å². The predicted molar refractivity (Wildman–Crippen MR) is 66.8 cm³/mol. The molecular formula is C12H14N2O5. The topological polar surface area (TPSA) is 98.5 Å². The number of aryl methyl sites for hydroxylation is 1. The first-order valence-corrected chi connectivity index (χ1v) is 5.64. The molecule has 0 heterocycles. The molecule has 0 atom stereocenters. The second-order valence-corrected chi connectivity index (χ2v) is 3.75. The molecule has 0 unspecified atom stereocenters. The molecule has 0 spiro atoms. The molecule has 1 N–H and O–H groups in total. The fraction of sp³-hybridized carbons (Fsp3) is 0.333. The Hall–Kier alpha value is -2.44. The number of hydrogen-bond acceptors (Lipinski definition) is 5. The van der Waals surface area contributed by atoms with Crippen molar-refractivity contribution in [2.24, 2.45) is 0 Å². The summed E-state index contributed by atoms with van der Waals surface area (Å²) in [6, 6.07) is 4.12. The summed E-state index contributed by atoms with van der Waals surface area (Å²) in [5.74, 6) is -1.12. The van der Waals surface area contributed by atoms with E-state index in [-0.39, 0.29) is 24.4 Å².